The molecule has 0 saturated carbocycles. The molecule has 11 heteroatoms. The highest BCUT2D eigenvalue weighted by atomic mass is 32.2. The van der Waals surface area contributed by atoms with Gasteiger partial charge in [0.15, 0.2) is 11.5 Å². The van der Waals surface area contributed by atoms with E-state index in [4.69, 9.17) is 9.47 Å². The summed E-state index contributed by atoms with van der Waals surface area (Å²) in [7, 11) is -3.92. The van der Waals surface area contributed by atoms with E-state index >= 15 is 0 Å². The van der Waals surface area contributed by atoms with Gasteiger partial charge in [-0.15, -0.1) is 0 Å². The SMILES string of the molecule is CCCS(=O)(=O)N1CCN(CCNS(=O)(=O)c2ccc(OC)c(OC)c2)CC1. The summed E-state index contributed by atoms with van der Waals surface area (Å²) in [5, 5.41) is 0. The molecule has 0 aromatic heterocycles. The fourth-order valence-electron chi connectivity index (χ4n) is 3.02. The van der Waals surface area contributed by atoms with Gasteiger partial charge in [-0.1, -0.05) is 6.92 Å². The maximum atomic E-state index is 12.5. The molecule has 1 aliphatic rings. The molecule has 28 heavy (non-hydrogen) atoms. The van der Waals surface area contributed by atoms with Crippen LogP contribution in [0.2, 0.25) is 0 Å². The Labute approximate surface area is 167 Å². The van der Waals surface area contributed by atoms with Gasteiger partial charge in [-0.05, 0) is 18.6 Å². The van der Waals surface area contributed by atoms with Crippen LogP contribution in [0.25, 0.3) is 0 Å². The molecule has 1 aromatic rings. The lowest BCUT2D eigenvalue weighted by molar-refractivity contribution is 0.191. The molecule has 2 rings (SSSR count). The van der Waals surface area contributed by atoms with E-state index in [0.29, 0.717) is 50.6 Å². The quantitative estimate of drug-likeness (QED) is 0.565. The standard InChI is InChI=1S/C17H29N3O6S2/c1-4-13-27(21,22)20-11-9-19(10-12-20)8-7-18-28(23,24)15-5-6-16(25-2)17(14-15)26-3/h5-6,14,18H,4,7-13H2,1-3H3. The van der Waals surface area contributed by atoms with Crippen LogP contribution in [0.15, 0.2) is 23.1 Å². The molecule has 0 aliphatic carbocycles. The van der Waals surface area contributed by atoms with Gasteiger partial charge in [-0.3, -0.25) is 4.90 Å². The maximum absolute atomic E-state index is 12.5. The lowest BCUT2D eigenvalue weighted by Crippen LogP contribution is -2.50. The second-order valence-corrected chi connectivity index (χ2v) is 10.3. The van der Waals surface area contributed by atoms with Crippen LogP contribution < -0.4 is 14.2 Å². The van der Waals surface area contributed by atoms with Gasteiger partial charge in [-0.25, -0.2) is 21.6 Å². The second-order valence-electron chi connectivity index (χ2n) is 6.47. The van der Waals surface area contributed by atoms with Gasteiger partial charge in [0.25, 0.3) is 0 Å². The number of nitrogens with zero attached hydrogens (tertiary/aromatic N) is 2. The first kappa shape index (κ1) is 22.9. The van der Waals surface area contributed by atoms with Crippen molar-refractivity contribution >= 4 is 20.0 Å². The number of rotatable bonds is 10. The van der Waals surface area contributed by atoms with Gasteiger partial charge in [0, 0.05) is 45.3 Å². The van der Waals surface area contributed by atoms with Crippen molar-refractivity contribution in [1.82, 2.24) is 13.9 Å². The highest BCUT2D eigenvalue weighted by Gasteiger charge is 2.26. The molecule has 1 aliphatic heterocycles. The van der Waals surface area contributed by atoms with E-state index in [1.165, 1.54) is 30.7 Å². The number of methoxy groups -OCH3 is 2. The summed E-state index contributed by atoms with van der Waals surface area (Å²) in [5.74, 6) is 0.963. The normalized spacial score (nSPS) is 16.8. The zero-order valence-corrected chi connectivity index (χ0v) is 18.2. The summed E-state index contributed by atoms with van der Waals surface area (Å²) in [4.78, 5) is 2.15. The number of ether oxygens (including phenoxy) is 2. The maximum Gasteiger partial charge on any atom is 0.240 e. The topological polar surface area (TPSA) is 105 Å². The minimum atomic E-state index is -3.68. The Balaban J connectivity index is 1.86. The van der Waals surface area contributed by atoms with Gasteiger partial charge in [0.05, 0.1) is 24.9 Å². The average molecular weight is 436 g/mol. The third-order valence-corrected chi connectivity index (χ3v) is 8.11. The number of nitrogens with one attached hydrogen (secondary N) is 1. The molecule has 0 amide bonds. The van der Waals surface area contributed by atoms with Crippen molar-refractivity contribution in [1.29, 1.82) is 0 Å². The molecule has 1 aromatic carbocycles. The molecule has 1 heterocycles. The third kappa shape index (κ3) is 5.80. The van der Waals surface area contributed by atoms with E-state index < -0.39 is 20.0 Å². The van der Waals surface area contributed by atoms with Crippen molar-refractivity contribution in [2.75, 3.05) is 59.2 Å². The number of hydrogen-bond donors (Lipinski definition) is 1. The van der Waals surface area contributed by atoms with E-state index in [1.54, 1.807) is 6.07 Å². The molecule has 160 valence electrons. The summed E-state index contributed by atoms with van der Waals surface area (Å²) < 4.78 is 63.5. The Kier molecular flexibility index (Phi) is 8.07. The van der Waals surface area contributed by atoms with Gasteiger partial charge in [0.2, 0.25) is 20.0 Å². The van der Waals surface area contributed by atoms with Crippen LogP contribution in [-0.2, 0) is 20.0 Å². The number of sulfonamides is 2. The molecule has 0 unspecified atom stereocenters. The lowest BCUT2D eigenvalue weighted by Gasteiger charge is -2.33. The van der Waals surface area contributed by atoms with Gasteiger partial charge in [0.1, 0.15) is 0 Å². The van der Waals surface area contributed by atoms with Crippen molar-refractivity contribution in [3.8, 4) is 11.5 Å². The Morgan fingerprint density at radius 1 is 1.00 bits per heavy atom. The van der Waals surface area contributed by atoms with Gasteiger partial charge < -0.3 is 9.47 Å². The predicted octanol–water partition coefficient (Wildman–Crippen LogP) is 0.340. The first-order chi connectivity index (χ1) is 13.2. The zero-order chi connectivity index (χ0) is 20.8. The van der Waals surface area contributed by atoms with Crippen LogP contribution in [-0.4, -0.2) is 85.3 Å². The van der Waals surface area contributed by atoms with E-state index in [1.807, 2.05) is 6.92 Å². The van der Waals surface area contributed by atoms with Crippen molar-refractivity contribution in [2.45, 2.75) is 18.2 Å². The highest BCUT2D eigenvalue weighted by molar-refractivity contribution is 7.89. The van der Waals surface area contributed by atoms with Gasteiger partial charge >= 0.3 is 0 Å². The monoisotopic (exact) mass is 435 g/mol. The number of piperazine rings is 1. The smallest absolute Gasteiger partial charge is 0.240 e. The van der Waals surface area contributed by atoms with E-state index in [-0.39, 0.29) is 17.2 Å². The number of hydrogen-bond acceptors (Lipinski definition) is 7. The fourth-order valence-corrected chi connectivity index (χ4v) is 5.55. The molecule has 0 atom stereocenters. The Bertz CT molecular complexity index is 850. The van der Waals surface area contributed by atoms with Crippen LogP contribution in [0.4, 0.5) is 0 Å². The molecular weight excluding hydrogens is 406 g/mol. The summed E-state index contributed by atoms with van der Waals surface area (Å²) in [6.07, 6.45) is 0.598. The summed E-state index contributed by atoms with van der Waals surface area (Å²) in [5.41, 5.74) is 0. The minimum Gasteiger partial charge on any atom is -0.493 e. The third-order valence-electron chi connectivity index (χ3n) is 4.57. The summed E-state index contributed by atoms with van der Waals surface area (Å²) in [6.45, 7) is 4.63. The molecule has 1 saturated heterocycles. The minimum absolute atomic E-state index is 0.0978. The second kappa shape index (κ2) is 9.88. The van der Waals surface area contributed by atoms with Crippen molar-refractivity contribution in [2.24, 2.45) is 0 Å². The largest absolute Gasteiger partial charge is 0.493 e. The summed E-state index contributed by atoms with van der Waals surface area (Å²) >= 11 is 0. The molecule has 0 radical (unpaired) electrons. The first-order valence-corrected chi connectivity index (χ1v) is 12.2. The van der Waals surface area contributed by atoms with Crippen molar-refractivity contribution in [3.63, 3.8) is 0 Å². The first-order valence-electron chi connectivity index (χ1n) is 9.15. The van der Waals surface area contributed by atoms with E-state index in [2.05, 4.69) is 9.62 Å². The number of benzene rings is 1. The van der Waals surface area contributed by atoms with Crippen LogP contribution in [0.3, 0.4) is 0 Å². The summed E-state index contributed by atoms with van der Waals surface area (Å²) in [6, 6.07) is 4.42. The zero-order valence-electron chi connectivity index (χ0n) is 16.5. The Morgan fingerprint density at radius 3 is 2.21 bits per heavy atom. The van der Waals surface area contributed by atoms with Crippen molar-refractivity contribution in [3.05, 3.63) is 18.2 Å². The average Bonchev–Trinajstić information content (AvgIpc) is 2.67. The Morgan fingerprint density at radius 2 is 1.64 bits per heavy atom. The molecule has 0 spiro atoms. The molecular formula is C17H29N3O6S2. The molecule has 1 N–H and O–H groups in total. The van der Waals surface area contributed by atoms with E-state index in [0.717, 1.165) is 0 Å². The lowest BCUT2D eigenvalue weighted by atomic mass is 10.3. The predicted molar refractivity (Wildman–Crippen MR) is 107 cm³/mol. The van der Waals surface area contributed by atoms with E-state index in [9.17, 15) is 16.8 Å². The van der Waals surface area contributed by atoms with Crippen molar-refractivity contribution < 1.29 is 26.3 Å². The van der Waals surface area contributed by atoms with Crippen LogP contribution in [0, 0.1) is 0 Å². The van der Waals surface area contributed by atoms with Crippen LogP contribution in [0.1, 0.15) is 13.3 Å². The highest BCUT2D eigenvalue weighted by Crippen LogP contribution is 2.29. The van der Waals surface area contributed by atoms with Crippen LogP contribution in [0.5, 0.6) is 11.5 Å². The molecule has 9 nitrogen and oxygen atoms in total. The molecule has 0 bridgehead atoms. The van der Waals surface area contributed by atoms with Crippen LogP contribution >= 0.6 is 0 Å². The fraction of sp³-hybridized carbons (Fsp3) is 0.647. The van der Waals surface area contributed by atoms with Gasteiger partial charge in [-0.2, -0.15) is 4.31 Å². The molecule has 1 fully saturated rings. The Hall–Kier alpha value is -1.40.